The zero-order chi connectivity index (χ0) is 11.4. The number of hydrogen-bond acceptors (Lipinski definition) is 3. The second-order valence-corrected chi connectivity index (χ2v) is 4.46. The third-order valence-corrected chi connectivity index (χ3v) is 2.67. The van der Waals surface area contributed by atoms with Crippen LogP contribution in [-0.4, -0.2) is 44.9 Å². The predicted octanol–water partition coefficient (Wildman–Crippen LogP) is 1.70. The third kappa shape index (κ3) is 3.04. The van der Waals surface area contributed by atoms with Crippen molar-refractivity contribution >= 4 is 0 Å². The summed E-state index contributed by atoms with van der Waals surface area (Å²) in [5.41, 5.74) is 1.20. The van der Waals surface area contributed by atoms with Gasteiger partial charge in [0.2, 0.25) is 0 Å². The molecule has 1 aliphatic rings. The maximum absolute atomic E-state index is 6.02. The van der Waals surface area contributed by atoms with Gasteiger partial charge in [-0.25, -0.2) is 0 Å². The van der Waals surface area contributed by atoms with Gasteiger partial charge in [0.15, 0.2) is 0 Å². The van der Waals surface area contributed by atoms with Crippen LogP contribution in [0.25, 0.3) is 0 Å². The number of benzene rings is 1. The molecular formula is C13H19NO2. The first-order valence-electron chi connectivity index (χ1n) is 5.68. The van der Waals surface area contributed by atoms with Gasteiger partial charge in [0.05, 0.1) is 19.3 Å². The molecule has 0 radical (unpaired) electrons. The Morgan fingerprint density at radius 1 is 1.19 bits per heavy atom. The summed E-state index contributed by atoms with van der Waals surface area (Å²) in [6, 6.07) is 10.3. The standard InChI is InChI=1S/C13H19NO2/c1-14(2)8-12-9-15-10-13(16-12)11-6-4-3-5-7-11/h3-7,12-13H,8-10H2,1-2H3/t12-,13+/m1/s1. The fourth-order valence-electron chi connectivity index (χ4n) is 1.96. The average molecular weight is 221 g/mol. The number of ether oxygens (including phenoxy) is 2. The minimum Gasteiger partial charge on any atom is -0.376 e. The maximum Gasteiger partial charge on any atom is 0.106 e. The molecule has 16 heavy (non-hydrogen) atoms. The molecule has 0 saturated carbocycles. The number of hydrogen-bond donors (Lipinski definition) is 0. The van der Waals surface area contributed by atoms with E-state index >= 15 is 0 Å². The zero-order valence-corrected chi connectivity index (χ0v) is 9.93. The smallest absolute Gasteiger partial charge is 0.106 e. The Morgan fingerprint density at radius 3 is 2.62 bits per heavy atom. The summed E-state index contributed by atoms with van der Waals surface area (Å²) >= 11 is 0. The molecule has 88 valence electrons. The Labute approximate surface area is 97.0 Å². The van der Waals surface area contributed by atoms with E-state index < -0.39 is 0 Å². The predicted molar refractivity (Wildman–Crippen MR) is 63.4 cm³/mol. The van der Waals surface area contributed by atoms with Gasteiger partial charge in [-0.15, -0.1) is 0 Å². The number of nitrogens with zero attached hydrogens (tertiary/aromatic N) is 1. The minimum absolute atomic E-state index is 0.0832. The Bertz CT molecular complexity index is 313. The van der Waals surface area contributed by atoms with Gasteiger partial charge in [0, 0.05) is 6.54 Å². The van der Waals surface area contributed by atoms with E-state index in [1.165, 1.54) is 5.56 Å². The van der Waals surface area contributed by atoms with Gasteiger partial charge in [0.25, 0.3) is 0 Å². The quantitative estimate of drug-likeness (QED) is 0.775. The summed E-state index contributed by atoms with van der Waals surface area (Å²) in [5, 5.41) is 0. The number of rotatable bonds is 3. The second-order valence-electron chi connectivity index (χ2n) is 4.46. The lowest BCUT2D eigenvalue weighted by Crippen LogP contribution is -2.38. The first-order chi connectivity index (χ1) is 7.75. The van der Waals surface area contributed by atoms with Crippen molar-refractivity contribution in [1.82, 2.24) is 4.90 Å². The van der Waals surface area contributed by atoms with Crippen molar-refractivity contribution in [3.05, 3.63) is 35.9 Å². The molecule has 0 bridgehead atoms. The minimum atomic E-state index is 0.0832. The van der Waals surface area contributed by atoms with E-state index in [0.29, 0.717) is 13.2 Å². The highest BCUT2D eigenvalue weighted by molar-refractivity contribution is 5.18. The Hall–Kier alpha value is -0.900. The van der Waals surface area contributed by atoms with E-state index in [1.54, 1.807) is 0 Å². The summed E-state index contributed by atoms with van der Waals surface area (Å²) in [6.07, 6.45) is 0.258. The van der Waals surface area contributed by atoms with Gasteiger partial charge in [-0.05, 0) is 19.7 Å². The molecule has 0 unspecified atom stereocenters. The third-order valence-electron chi connectivity index (χ3n) is 2.67. The average Bonchev–Trinajstić information content (AvgIpc) is 2.30. The summed E-state index contributed by atoms with van der Waals surface area (Å²) in [5.74, 6) is 0. The molecule has 1 aromatic carbocycles. The lowest BCUT2D eigenvalue weighted by Gasteiger charge is -2.32. The Balaban J connectivity index is 1.97. The molecule has 1 aromatic rings. The normalized spacial score (nSPS) is 25.9. The lowest BCUT2D eigenvalue weighted by atomic mass is 10.1. The van der Waals surface area contributed by atoms with Gasteiger partial charge in [0.1, 0.15) is 6.10 Å². The summed E-state index contributed by atoms with van der Waals surface area (Å²) in [6.45, 7) is 2.26. The summed E-state index contributed by atoms with van der Waals surface area (Å²) in [7, 11) is 4.10. The zero-order valence-electron chi connectivity index (χ0n) is 9.93. The van der Waals surface area contributed by atoms with E-state index in [4.69, 9.17) is 9.47 Å². The van der Waals surface area contributed by atoms with Crippen molar-refractivity contribution in [1.29, 1.82) is 0 Å². The highest BCUT2D eigenvalue weighted by Crippen LogP contribution is 2.23. The van der Waals surface area contributed by atoms with Crippen LogP contribution in [0.15, 0.2) is 30.3 Å². The van der Waals surface area contributed by atoms with Gasteiger partial charge in [-0.3, -0.25) is 0 Å². The van der Waals surface area contributed by atoms with Crippen molar-refractivity contribution in [2.75, 3.05) is 33.9 Å². The van der Waals surface area contributed by atoms with Gasteiger partial charge >= 0.3 is 0 Å². The molecule has 3 nitrogen and oxygen atoms in total. The molecule has 0 spiro atoms. The summed E-state index contributed by atoms with van der Waals surface area (Å²) < 4.78 is 11.6. The van der Waals surface area contributed by atoms with Crippen LogP contribution in [0, 0.1) is 0 Å². The highest BCUT2D eigenvalue weighted by Gasteiger charge is 2.24. The highest BCUT2D eigenvalue weighted by atomic mass is 16.6. The van der Waals surface area contributed by atoms with Crippen LogP contribution in [0.2, 0.25) is 0 Å². The SMILES string of the molecule is CN(C)C[C@@H]1COC[C@@H](c2ccccc2)O1. The van der Waals surface area contributed by atoms with Crippen molar-refractivity contribution in [2.45, 2.75) is 12.2 Å². The van der Waals surface area contributed by atoms with Crippen LogP contribution >= 0.6 is 0 Å². The van der Waals surface area contributed by atoms with Gasteiger partial charge < -0.3 is 14.4 Å². The van der Waals surface area contributed by atoms with Crippen LogP contribution in [0.4, 0.5) is 0 Å². The van der Waals surface area contributed by atoms with Crippen LogP contribution in [0.5, 0.6) is 0 Å². The van der Waals surface area contributed by atoms with Crippen molar-refractivity contribution in [3.8, 4) is 0 Å². The van der Waals surface area contributed by atoms with Crippen molar-refractivity contribution in [2.24, 2.45) is 0 Å². The van der Waals surface area contributed by atoms with E-state index in [0.717, 1.165) is 6.54 Å². The summed E-state index contributed by atoms with van der Waals surface area (Å²) in [4.78, 5) is 2.13. The van der Waals surface area contributed by atoms with Gasteiger partial charge in [-0.2, -0.15) is 0 Å². The molecule has 0 N–H and O–H groups in total. The Kier molecular flexibility index (Phi) is 3.93. The molecule has 2 atom stereocenters. The van der Waals surface area contributed by atoms with E-state index in [9.17, 15) is 0 Å². The van der Waals surface area contributed by atoms with Gasteiger partial charge in [-0.1, -0.05) is 30.3 Å². The van der Waals surface area contributed by atoms with Crippen LogP contribution < -0.4 is 0 Å². The fraction of sp³-hybridized carbons (Fsp3) is 0.538. The molecule has 1 saturated heterocycles. The fourth-order valence-corrected chi connectivity index (χ4v) is 1.96. The molecule has 1 heterocycles. The first kappa shape index (κ1) is 11.6. The molecule has 3 heteroatoms. The molecular weight excluding hydrogens is 202 g/mol. The maximum atomic E-state index is 6.02. The topological polar surface area (TPSA) is 21.7 Å². The monoisotopic (exact) mass is 221 g/mol. The lowest BCUT2D eigenvalue weighted by molar-refractivity contribution is -0.144. The molecule has 0 amide bonds. The van der Waals surface area contributed by atoms with Crippen LogP contribution in [0.1, 0.15) is 11.7 Å². The van der Waals surface area contributed by atoms with E-state index in [-0.39, 0.29) is 12.2 Å². The van der Waals surface area contributed by atoms with Crippen molar-refractivity contribution < 1.29 is 9.47 Å². The van der Waals surface area contributed by atoms with E-state index in [2.05, 4.69) is 31.1 Å². The largest absolute Gasteiger partial charge is 0.376 e. The molecule has 2 rings (SSSR count). The van der Waals surface area contributed by atoms with Crippen LogP contribution in [-0.2, 0) is 9.47 Å². The van der Waals surface area contributed by atoms with Crippen molar-refractivity contribution in [3.63, 3.8) is 0 Å². The number of likely N-dealkylation sites (N-methyl/N-ethyl adjacent to an activating group) is 1. The molecule has 0 aliphatic carbocycles. The molecule has 0 aromatic heterocycles. The van der Waals surface area contributed by atoms with E-state index in [1.807, 2.05) is 18.2 Å². The Morgan fingerprint density at radius 2 is 1.94 bits per heavy atom. The molecule has 1 aliphatic heterocycles. The van der Waals surface area contributed by atoms with Crippen LogP contribution in [0.3, 0.4) is 0 Å². The first-order valence-corrected chi connectivity index (χ1v) is 5.68. The molecule has 1 fully saturated rings. The second kappa shape index (κ2) is 5.43.